The Labute approximate surface area is 166 Å². The van der Waals surface area contributed by atoms with Gasteiger partial charge < -0.3 is 9.47 Å². The zero-order chi connectivity index (χ0) is 19.2. The Kier molecular flexibility index (Phi) is 6.58. The zero-order valence-electron chi connectivity index (χ0n) is 14.5. The maximum absolute atomic E-state index is 13.0. The zero-order valence-corrected chi connectivity index (χ0v) is 16.1. The van der Waals surface area contributed by atoms with Gasteiger partial charge in [-0.3, -0.25) is 0 Å². The van der Waals surface area contributed by atoms with Crippen LogP contribution in [0.4, 0.5) is 8.78 Å². The van der Waals surface area contributed by atoms with Crippen molar-refractivity contribution < 1.29 is 18.3 Å². The molecular formula is C21H17ClF2O2S. The monoisotopic (exact) mass is 406 g/mol. The lowest BCUT2D eigenvalue weighted by Crippen LogP contribution is -1.97. The first-order valence-corrected chi connectivity index (χ1v) is 9.36. The molecule has 6 heteroatoms. The molecule has 0 atom stereocenters. The van der Waals surface area contributed by atoms with Crippen molar-refractivity contribution in [1.82, 2.24) is 0 Å². The lowest BCUT2D eigenvalue weighted by molar-refractivity contribution is 0.151. The minimum atomic E-state index is -2.56. The van der Waals surface area contributed by atoms with E-state index in [-0.39, 0.29) is 10.6 Å². The van der Waals surface area contributed by atoms with Gasteiger partial charge in [0.05, 0.1) is 7.11 Å². The first kappa shape index (κ1) is 19.5. The van der Waals surface area contributed by atoms with E-state index in [1.165, 1.54) is 23.9 Å². The van der Waals surface area contributed by atoms with Crippen molar-refractivity contribution in [3.8, 4) is 11.5 Å². The fourth-order valence-electron chi connectivity index (χ4n) is 2.47. The van der Waals surface area contributed by atoms with Crippen molar-refractivity contribution >= 4 is 23.4 Å². The summed E-state index contributed by atoms with van der Waals surface area (Å²) in [6, 6.07) is 19.7. The molecule has 0 radical (unpaired) electrons. The number of halogens is 3. The number of ether oxygens (including phenoxy) is 2. The molecule has 0 aromatic heterocycles. The van der Waals surface area contributed by atoms with Crippen LogP contribution in [0.2, 0.25) is 5.02 Å². The molecule has 3 rings (SSSR count). The van der Waals surface area contributed by atoms with E-state index in [1.807, 2.05) is 48.5 Å². The molecule has 0 saturated heterocycles. The minimum absolute atomic E-state index is 0.0974. The van der Waals surface area contributed by atoms with Crippen molar-refractivity contribution in [1.29, 1.82) is 0 Å². The first-order valence-electron chi connectivity index (χ1n) is 8.16. The number of hydrogen-bond donors (Lipinski definition) is 0. The highest BCUT2D eigenvalue weighted by Crippen LogP contribution is 2.37. The van der Waals surface area contributed by atoms with Crippen molar-refractivity contribution in [2.75, 3.05) is 7.11 Å². The molecule has 0 aliphatic heterocycles. The third-order valence-electron chi connectivity index (χ3n) is 3.75. The molecule has 0 heterocycles. The van der Waals surface area contributed by atoms with E-state index in [4.69, 9.17) is 21.1 Å². The SMILES string of the molecule is COc1cc(Sc2cc(Cl)cc(C(F)F)c2)ccc1OCc1ccccc1. The Balaban J connectivity index is 1.76. The van der Waals surface area contributed by atoms with Gasteiger partial charge in [-0.2, -0.15) is 0 Å². The second kappa shape index (κ2) is 9.11. The van der Waals surface area contributed by atoms with Crippen LogP contribution in [0.1, 0.15) is 17.6 Å². The van der Waals surface area contributed by atoms with Gasteiger partial charge >= 0.3 is 0 Å². The largest absolute Gasteiger partial charge is 0.493 e. The summed E-state index contributed by atoms with van der Waals surface area (Å²) >= 11 is 7.28. The molecule has 2 nitrogen and oxygen atoms in total. The summed E-state index contributed by atoms with van der Waals surface area (Å²) in [5.74, 6) is 1.19. The smallest absolute Gasteiger partial charge is 0.263 e. The average Bonchev–Trinajstić information content (AvgIpc) is 2.67. The van der Waals surface area contributed by atoms with Gasteiger partial charge in [0.15, 0.2) is 11.5 Å². The van der Waals surface area contributed by atoms with Crippen LogP contribution in [0.5, 0.6) is 11.5 Å². The molecule has 0 amide bonds. The Morgan fingerprint density at radius 1 is 0.926 bits per heavy atom. The standard InChI is InChI=1S/C21H17ClF2O2S/c1-25-20-12-17(27-18-10-15(21(23)24)9-16(22)11-18)7-8-19(20)26-13-14-5-3-2-4-6-14/h2-12,21H,13H2,1H3. The van der Waals surface area contributed by atoms with E-state index in [2.05, 4.69) is 0 Å². The molecule has 0 bridgehead atoms. The topological polar surface area (TPSA) is 18.5 Å². The predicted octanol–water partition coefficient (Wildman–Crippen LogP) is 7.02. The Bertz CT molecular complexity index is 904. The van der Waals surface area contributed by atoms with Crippen molar-refractivity contribution in [2.45, 2.75) is 22.8 Å². The van der Waals surface area contributed by atoms with Gasteiger partial charge in [-0.05, 0) is 42.0 Å². The van der Waals surface area contributed by atoms with Gasteiger partial charge in [-0.25, -0.2) is 8.78 Å². The molecule has 3 aromatic carbocycles. The molecule has 0 N–H and O–H groups in total. The van der Waals surface area contributed by atoms with Crippen molar-refractivity contribution in [3.63, 3.8) is 0 Å². The van der Waals surface area contributed by atoms with E-state index in [0.717, 1.165) is 10.5 Å². The number of hydrogen-bond acceptors (Lipinski definition) is 3. The second-order valence-corrected chi connectivity index (χ2v) is 7.29. The van der Waals surface area contributed by atoms with Crippen LogP contribution in [-0.4, -0.2) is 7.11 Å². The average molecular weight is 407 g/mol. The summed E-state index contributed by atoms with van der Waals surface area (Å²) in [7, 11) is 1.56. The fourth-order valence-corrected chi connectivity index (χ4v) is 3.73. The second-order valence-electron chi connectivity index (χ2n) is 5.71. The molecule has 140 valence electrons. The molecular weight excluding hydrogens is 390 g/mol. The van der Waals surface area contributed by atoms with Crippen LogP contribution in [0.3, 0.4) is 0 Å². The molecule has 0 aliphatic rings. The van der Waals surface area contributed by atoms with E-state index in [9.17, 15) is 8.78 Å². The molecule has 27 heavy (non-hydrogen) atoms. The molecule has 3 aromatic rings. The lowest BCUT2D eigenvalue weighted by Gasteiger charge is -2.12. The van der Waals surface area contributed by atoms with Crippen LogP contribution < -0.4 is 9.47 Å². The van der Waals surface area contributed by atoms with E-state index >= 15 is 0 Å². The fraction of sp³-hybridized carbons (Fsp3) is 0.143. The van der Waals surface area contributed by atoms with Gasteiger partial charge in [-0.1, -0.05) is 53.7 Å². The Morgan fingerprint density at radius 2 is 1.70 bits per heavy atom. The summed E-state index contributed by atoms with van der Waals surface area (Å²) in [6.07, 6.45) is -2.56. The first-order chi connectivity index (χ1) is 13.0. The Hall–Kier alpha value is -2.24. The summed E-state index contributed by atoms with van der Waals surface area (Å²) in [6.45, 7) is 0.426. The maximum Gasteiger partial charge on any atom is 0.263 e. The van der Waals surface area contributed by atoms with E-state index < -0.39 is 6.43 Å². The van der Waals surface area contributed by atoms with Gasteiger partial charge in [0.25, 0.3) is 6.43 Å². The van der Waals surface area contributed by atoms with Gasteiger partial charge in [0, 0.05) is 20.4 Å². The van der Waals surface area contributed by atoms with Gasteiger partial charge in [0.2, 0.25) is 0 Å². The normalized spacial score (nSPS) is 10.9. The molecule has 0 unspecified atom stereocenters. The molecule has 0 aliphatic carbocycles. The highest BCUT2D eigenvalue weighted by atomic mass is 35.5. The van der Waals surface area contributed by atoms with E-state index in [1.54, 1.807) is 13.2 Å². The maximum atomic E-state index is 13.0. The van der Waals surface area contributed by atoms with E-state index in [0.29, 0.717) is 23.0 Å². The molecule has 0 fully saturated rings. The summed E-state index contributed by atoms with van der Waals surface area (Å²) in [4.78, 5) is 1.47. The minimum Gasteiger partial charge on any atom is -0.493 e. The summed E-state index contributed by atoms with van der Waals surface area (Å²) in [5.41, 5.74) is 0.955. The number of benzene rings is 3. The third-order valence-corrected chi connectivity index (χ3v) is 4.93. The van der Waals surface area contributed by atoms with Gasteiger partial charge in [-0.15, -0.1) is 0 Å². The number of alkyl halides is 2. The van der Waals surface area contributed by atoms with Crippen LogP contribution in [0.25, 0.3) is 0 Å². The van der Waals surface area contributed by atoms with Gasteiger partial charge in [0.1, 0.15) is 6.61 Å². The summed E-state index contributed by atoms with van der Waals surface area (Å²) in [5, 5.41) is 0.282. The van der Waals surface area contributed by atoms with Crippen molar-refractivity contribution in [3.05, 3.63) is 82.9 Å². The highest BCUT2D eigenvalue weighted by Gasteiger charge is 2.12. The Morgan fingerprint density at radius 3 is 2.41 bits per heavy atom. The molecule has 0 saturated carbocycles. The van der Waals surface area contributed by atoms with Crippen LogP contribution in [-0.2, 0) is 6.61 Å². The third kappa shape index (κ3) is 5.37. The van der Waals surface area contributed by atoms with Crippen LogP contribution in [0, 0.1) is 0 Å². The van der Waals surface area contributed by atoms with Crippen LogP contribution >= 0.6 is 23.4 Å². The van der Waals surface area contributed by atoms with Crippen molar-refractivity contribution in [2.24, 2.45) is 0 Å². The number of rotatable bonds is 7. The molecule has 0 spiro atoms. The quantitative estimate of drug-likeness (QED) is 0.420. The number of methoxy groups -OCH3 is 1. The lowest BCUT2D eigenvalue weighted by atomic mass is 10.2. The van der Waals surface area contributed by atoms with Crippen LogP contribution in [0.15, 0.2) is 76.5 Å². The highest BCUT2D eigenvalue weighted by molar-refractivity contribution is 7.99. The predicted molar refractivity (Wildman–Crippen MR) is 104 cm³/mol. The summed E-state index contributed by atoms with van der Waals surface area (Å²) < 4.78 is 37.2.